The van der Waals surface area contributed by atoms with Gasteiger partial charge in [-0.2, -0.15) is 0 Å². The second-order valence-electron chi connectivity index (χ2n) is 4.07. The van der Waals surface area contributed by atoms with Crippen LogP contribution in [0.5, 0.6) is 0 Å². The number of hydrogen-bond acceptors (Lipinski definition) is 3. The van der Waals surface area contributed by atoms with Gasteiger partial charge in [0, 0.05) is 29.8 Å². The van der Waals surface area contributed by atoms with Crippen LogP contribution in [0.1, 0.15) is 6.92 Å². The monoisotopic (exact) mass is 240 g/mol. The van der Waals surface area contributed by atoms with E-state index in [-0.39, 0.29) is 5.82 Å². The van der Waals surface area contributed by atoms with E-state index in [4.69, 9.17) is 0 Å². The molecule has 2 nitrogen and oxygen atoms in total. The molecule has 4 heteroatoms. The SMILES string of the molecule is CNCCN1c2ccc(F)cc2SCC1C. The molecular formula is C12H17FN2S. The third-order valence-corrected chi connectivity index (χ3v) is 4.13. The maximum Gasteiger partial charge on any atom is 0.124 e. The number of nitrogens with one attached hydrogen (secondary N) is 1. The molecule has 1 aromatic carbocycles. The van der Waals surface area contributed by atoms with Gasteiger partial charge >= 0.3 is 0 Å². The van der Waals surface area contributed by atoms with Crippen LogP contribution in [0.4, 0.5) is 10.1 Å². The third kappa shape index (κ3) is 2.33. The van der Waals surface area contributed by atoms with Crippen LogP contribution in [-0.4, -0.2) is 31.9 Å². The summed E-state index contributed by atoms with van der Waals surface area (Å²) in [6.07, 6.45) is 0. The number of nitrogens with zero attached hydrogens (tertiary/aromatic N) is 1. The van der Waals surface area contributed by atoms with Crippen molar-refractivity contribution >= 4 is 17.4 Å². The number of likely N-dealkylation sites (N-methyl/N-ethyl adjacent to an activating group) is 1. The molecule has 1 N–H and O–H groups in total. The maximum absolute atomic E-state index is 13.1. The lowest BCUT2D eigenvalue weighted by atomic mass is 10.2. The number of thioether (sulfide) groups is 1. The Hall–Kier alpha value is -0.740. The highest BCUT2D eigenvalue weighted by Crippen LogP contribution is 2.37. The summed E-state index contributed by atoms with van der Waals surface area (Å²) >= 11 is 1.75. The molecule has 1 atom stereocenters. The molecule has 0 saturated heterocycles. The number of fused-ring (bicyclic) bond motifs is 1. The average Bonchev–Trinajstić information content (AvgIpc) is 2.28. The fourth-order valence-electron chi connectivity index (χ4n) is 1.95. The summed E-state index contributed by atoms with van der Waals surface area (Å²) in [5.41, 5.74) is 1.17. The van der Waals surface area contributed by atoms with Crippen molar-refractivity contribution in [3.8, 4) is 0 Å². The van der Waals surface area contributed by atoms with E-state index in [1.54, 1.807) is 23.9 Å². The highest BCUT2D eigenvalue weighted by molar-refractivity contribution is 7.99. The molecule has 0 fully saturated rings. The number of benzene rings is 1. The predicted octanol–water partition coefficient (Wildman–Crippen LogP) is 2.35. The lowest BCUT2D eigenvalue weighted by molar-refractivity contribution is 0.616. The third-order valence-electron chi connectivity index (χ3n) is 2.85. The molecular weight excluding hydrogens is 223 g/mol. The van der Waals surface area contributed by atoms with Crippen LogP contribution in [0.3, 0.4) is 0 Å². The largest absolute Gasteiger partial charge is 0.366 e. The van der Waals surface area contributed by atoms with Crippen molar-refractivity contribution in [2.24, 2.45) is 0 Å². The van der Waals surface area contributed by atoms with Gasteiger partial charge in [-0.05, 0) is 32.2 Å². The van der Waals surface area contributed by atoms with Crippen LogP contribution in [0.15, 0.2) is 23.1 Å². The molecule has 0 amide bonds. The van der Waals surface area contributed by atoms with Crippen LogP contribution >= 0.6 is 11.8 Å². The quantitative estimate of drug-likeness (QED) is 0.873. The molecule has 1 aliphatic heterocycles. The van der Waals surface area contributed by atoms with E-state index in [1.165, 1.54) is 5.69 Å². The zero-order valence-electron chi connectivity index (χ0n) is 9.66. The molecule has 0 radical (unpaired) electrons. The van der Waals surface area contributed by atoms with E-state index >= 15 is 0 Å². The van der Waals surface area contributed by atoms with Gasteiger partial charge in [-0.25, -0.2) is 4.39 Å². The summed E-state index contributed by atoms with van der Waals surface area (Å²) in [7, 11) is 1.95. The first-order chi connectivity index (χ1) is 7.72. The van der Waals surface area contributed by atoms with Gasteiger partial charge in [0.15, 0.2) is 0 Å². The smallest absolute Gasteiger partial charge is 0.124 e. The highest BCUT2D eigenvalue weighted by atomic mass is 32.2. The van der Waals surface area contributed by atoms with Crippen LogP contribution in [0, 0.1) is 5.82 Å². The van der Waals surface area contributed by atoms with Gasteiger partial charge in [0.2, 0.25) is 0 Å². The lowest BCUT2D eigenvalue weighted by Gasteiger charge is -2.36. The van der Waals surface area contributed by atoms with E-state index in [0.29, 0.717) is 6.04 Å². The lowest BCUT2D eigenvalue weighted by Crippen LogP contribution is -2.41. The summed E-state index contributed by atoms with van der Waals surface area (Å²) < 4.78 is 13.1. The first-order valence-electron chi connectivity index (χ1n) is 5.56. The zero-order chi connectivity index (χ0) is 11.5. The second kappa shape index (κ2) is 5.06. The van der Waals surface area contributed by atoms with E-state index in [1.807, 2.05) is 13.1 Å². The molecule has 2 rings (SSSR count). The van der Waals surface area contributed by atoms with Crippen LogP contribution in [0.25, 0.3) is 0 Å². The molecule has 1 unspecified atom stereocenters. The van der Waals surface area contributed by atoms with Crippen molar-refractivity contribution in [1.82, 2.24) is 5.32 Å². The Balaban J connectivity index is 2.25. The average molecular weight is 240 g/mol. The molecule has 16 heavy (non-hydrogen) atoms. The fraction of sp³-hybridized carbons (Fsp3) is 0.500. The Morgan fingerprint density at radius 2 is 2.38 bits per heavy atom. The summed E-state index contributed by atoms with van der Waals surface area (Å²) in [6.45, 7) is 4.14. The Morgan fingerprint density at radius 3 is 3.12 bits per heavy atom. The van der Waals surface area contributed by atoms with E-state index in [2.05, 4.69) is 17.1 Å². The number of anilines is 1. The molecule has 0 bridgehead atoms. The first kappa shape index (κ1) is 11.7. The molecule has 0 aromatic heterocycles. The van der Waals surface area contributed by atoms with Crippen molar-refractivity contribution in [1.29, 1.82) is 0 Å². The predicted molar refractivity (Wildman–Crippen MR) is 67.9 cm³/mol. The summed E-state index contributed by atoms with van der Waals surface area (Å²) in [6, 6.07) is 5.58. The first-order valence-corrected chi connectivity index (χ1v) is 6.54. The Morgan fingerprint density at radius 1 is 1.56 bits per heavy atom. The Kier molecular flexibility index (Phi) is 3.71. The van der Waals surface area contributed by atoms with Gasteiger partial charge in [-0.15, -0.1) is 11.8 Å². The van der Waals surface area contributed by atoms with E-state index < -0.39 is 0 Å². The topological polar surface area (TPSA) is 15.3 Å². The van der Waals surface area contributed by atoms with E-state index in [0.717, 1.165) is 23.7 Å². The van der Waals surface area contributed by atoms with Crippen molar-refractivity contribution < 1.29 is 4.39 Å². The number of hydrogen-bond donors (Lipinski definition) is 1. The Bertz CT molecular complexity index is 370. The maximum atomic E-state index is 13.1. The molecule has 1 aliphatic rings. The van der Waals surface area contributed by atoms with E-state index in [9.17, 15) is 4.39 Å². The molecule has 88 valence electrons. The van der Waals surface area contributed by atoms with Gasteiger partial charge in [-0.1, -0.05) is 0 Å². The minimum Gasteiger partial charge on any atom is -0.366 e. The standard InChI is InChI=1S/C12H17FN2S/c1-9-8-16-12-7-10(13)3-4-11(12)15(9)6-5-14-2/h3-4,7,9,14H,5-6,8H2,1-2H3. The van der Waals surface area contributed by atoms with Crippen molar-refractivity contribution in [2.75, 3.05) is 30.8 Å². The molecule has 1 aromatic rings. The minimum atomic E-state index is -0.144. The highest BCUT2D eigenvalue weighted by Gasteiger charge is 2.23. The number of halogens is 1. The summed E-state index contributed by atoms with van der Waals surface area (Å²) in [4.78, 5) is 3.41. The summed E-state index contributed by atoms with van der Waals surface area (Å²) in [5.74, 6) is 0.884. The van der Waals surface area contributed by atoms with Crippen molar-refractivity contribution in [2.45, 2.75) is 17.9 Å². The number of rotatable bonds is 3. The molecule has 0 aliphatic carbocycles. The van der Waals surface area contributed by atoms with Gasteiger partial charge in [0.25, 0.3) is 0 Å². The molecule has 0 spiro atoms. The van der Waals surface area contributed by atoms with Crippen LogP contribution in [-0.2, 0) is 0 Å². The van der Waals surface area contributed by atoms with Crippen molar-refractivity contribution in [3.05, 3.63) is 24.0 Å². The zero-order valence-corrected chi connectivity index (χ0v) is 10.5. The van der Waals surface area contributed by atoms with Crippen LogP contribution in [0.2, 0.25) is 0 Å². The normalized spacial score (nSPS) is 19.7. The summed E-state index contributed by atoms with van der Waals surface area (Å²) in [5, 5.41) is 3.16. The molecule has 1 heterocycles. The van der Waals surface area contributed by atoms with Crippen molar-refractivity contribution in [3.63, 3.8) is 0 Å². The van der Waals surface area contributed by atoms with Gasteiger partial charge in [0.05, 0.1) is 5.69 Å². The fourth-order valence-corrected chi connectivity index (χ4v) is 3.08. The van der Waals surface area contributed by atoms with Gasteiger partial charge < -0.3 is 10.2 Å². The molecule has 0 saturated carbocycles. The Labute approximate surface area is 100 Å². The van der Waals surface area contributed by atoms with Crippen LogP contribution < -0.4 is 10.2 Å². The minimum absolute atomic E-state index is 0.144. The second-order valence-corrected chi connectivity index (χ2v) is 5.13. The van der Waals surface area contributed by atoms with Gasteiger partial charge in [-0.3, -0.25) is 0 Å². The van der Waals surface area contributed by atoms with Gasteiger partial charge in [0.1, 0.15) is 5.82 Å².